The van der Waals surface area contributed by atoms with Crippen molar-refractivity contribution in [3.63, 3.8) is 0 Å². The average molecular weight is 210 g/mol. The molecule has 0 radical (unpaired) electrons. The predicted molar refractivity (Wildman–Crippen MR) is 61.8 cm³/mol. The first-order valence-electron chi connectivity index (χ1n) is 4.97. The van der Waals surface area contributed by atoms with Gasteiger partial charge in [0.25, 0.3) is 0 Å². The number of carbonyl (C=O) groups excluding carboxylic acids is 1. The summed E-state index contributed by atoms with van der Waals surface area (Å²) < 4.78 is 0. The fourth-order valence-corrected chi connectivity index (χ4v) is 2.00. The zero-order chi connectivity index (χ0) is 10.8. The Morgan fingerprint density at radius 1 is 1.43 bits per heavy atom. The van der Waals surface area contributed by atoms with Crippen molar-refractivity contribution in [2.24, 2.45) is 5.41 Å². The van der Waals surface area contributed by atoms with Crippen molar-refractivity contribution >= 4 is 17.1 Å². The van der Waals surface area contributed by atoms with Crippen LogP contribution < -0.4 is 0 Å². The summed E-state index contributed by atoms with van der Waals surface area (Å²) in [4.78, 5) is 13.0. The first-order chi connectivity index (χ1) is 6.39. The van der Waals surface area contributed by atoms with Gasteiger partial charge in [0, 0.05) is 16.7 Å². The van der Waals surface area contributed by atoms with Gasteiger partial charge in [-0.05, 0) is 30.4 Å². The Morgan fingerprint density at radius 3 is 2.50 bits per heavy atom. The third kappa shape index (κ3) is 3.26. The van der Waals surface area contributed by atoms with Crippen LogP contribution in [0.15, 0.2) is 11.4 Å². The van der Waals surface area contributed by atoms with Crippen molar-refractivity contribution in [3.8, 4) is 0 Å². The van der Waals surface area contributed by atoms with Gasteiger partial charge in [0.05, 0.1) is 0 Å². The molecule has 1 aromatic heterocycles. The van der Waals surface area contributed by atoms with Crippen molar-refractivity contribution in [2.45, 2.75) is 40.5 Å². The summed E-state index contributed by atoms with van der Waals surface area (Å²) in [6.07, 6.45) is 1.56. The SMILES string of the molecule is Cc1cc(CCC(=O)C(C)(C)C)cs1. The van der Waals surface area contributed by atoms with E-state index in [-0.39, 0.29) is 5.41 Å². The van der Waals surface area contributed by atoms with E-state index < -0.39 is 0 Å². The molecule has 0 fully saturated rings. The lowest BCUT2D eigenvalue weighted by atomic mass is 9.88. The molecule has 0 aliphatic carbocycles. The van der Waals surface area contributed by atoms with Gasteiger partial charge in [-0.1, -0.05) is 20.8 Å². The normalized spacial score (nSPS) is 11.7. The van der Waals surface area contributed by atoms with Crippen LogP contribution in [0.25, 0.3) is 0 Å². The number of hydrogen-bond donors (Lipinski definition) is 0. The fourth-order valence-electron chi connectivity index (χ4n) is 1.26. The monoisotopic (exact) mass is 210 g/mol. The largest absolute Gasteiger partial charge is 0.299 e. The fraction of sp³-hybridized carbons (Fsp3) is 0.583. The van der Waals surface area contributed by atoms with E-state index in [9.17, 15) is 4.79 Å². The molecule has 0 aliphatic heterocycles. The van der Waals surface area contributed by atoms with E-state index in [1.54, 1.807) is 11.3 Å². The first-order valence-corrected chi connectivity index (χ1v) is 5.85. The van der Waals surface area contributed by atoms with Crippen LogP contribution in [0.2, 0.25) is 0 Å². The molecule has 0 aliphatic rings. The molecule has 0 bridgehead atoms. The Bertz CT molecular complexity index is 317. The summed E-state index contributed by atoms with van der Waals surface area (Å²) in [6, 6.07) is 2.17. The van der Waals surface area contributed by atoms with E-state index in [1.807, 2.05) is 20.8 Å². The molecule has 14 heavy (non-hydrogen) atoms. The molecule has 78 valence electrons. The van der Waals surface area contributed by atoms with Gasteiger partial charge in [-0.3, -0.25) is 4.79 Å². The summed E-state index contributed by atoms with van der Waals surface area (Å²) >= 11 is 1.75. The van der Waals surface area contributed by atoms with Crippen LogP contribution in [-0.4, -0.2) is 5.78 Å². The molecular formula is C12H18OS. The summed E-state index contributed by atoms with van der Waals surface area (Å²) in [5, 5.41) is 2.14. The van der Waals surface area contributed by atoms with Crippen LogP contribution in [0.3, 0.4) is 0 Å². The minimum Gasteiger partial charge on any atom is -0.299 e. The number of aryl methyl sites for hydroxylation is 2. The van der Waals surface area contributed by atoms with Gasteiger partial charge in [0.2, 0.25) is 0 Å². The number of ketones is 1. The standard InChI is InChI=1S/C12H18OS/c1-9-7-10(8-14-9)5-6-11(13)12(2,3)4/h7-8H,5-6H2,1-4H3. The molecule has 0 saturated heterocycles. The number of hydrogen-bond acceptors (Lipinski definition) is 2. The highest BCUT2D eigenvalue weighted by Gasteiger charge is 2.20. The highest BCUT2D eigenvalue weighted by Crippen LogP contribution is 2.20. The molecule has 1 rings (SSSR count). The predicted octanol–water partition coefficient (Wildman–Crippen LogP) is 3.60. The molecule has 1 heterocycles. The summed E-state index contributed by atoms with van der Waals surface area (Å²) in [7, 11) is 0. The van der Waals surface area contributed by atoms with Gasteiger partial charge in [0.1, 0.15) is 5.78 Å². The molecule has 0 saturated carbocycles. The van der Waals surface area contributed by atoms with E-state index in [1.165, 1.54) is 10.4 Å². The van der Waals surface area contributed by atoms with Gasteiger partial charge in [-0.25, -0.2) is 0 Å². The molecule has 2 heteroatoms. The quantitative estimate of drug-likeness (QED) is 0.745. The lowest BCUT2D eigenvalue weighted by Gasteiger charge is -2.15. The Hall–Kier alpha value is -0.630. The Kier molecular flexibility index (Phi) is 3.48. The van der Waals surface area contributed by atoms with Gasteiger partial charge in [-0.2, -0.15) is 0 Å². The molecule has 0 amide bonds. The van der Waals surface area contributed by atoms with E-state index >= 15 is 0 Å². The van der Waals surface area contributed by atoms with E-state index in [0.29, 0.717) is 12.2 Å². The van der Waals surface area contributed by atoms with E-state index in [2.05, 4.69) is 18.4 Å². The smallest absolute Gasteiger partial charge is 0.138 e. The third-order valence-electron chi connectivity index (χ3n) is 2.26. The van der Waals surface area contributed by atoms with Crippen LogP contribution in [-0.2, 0) is 11.2 Å². The molecular weight excluding hydrogens is 192 g/mol. The first kappa shape index (κ1) is 11.4. The number of rotatable bonds is 3. The molecule has 0 aromatic carbocycles. The minimum atomic E-state index is -0.189. The van der Waals surface area contributed by atoms with Crippen molar-refractivity contribution in [1.82, 2.24) is 0 Å². The molecule has 1 aromatic rings. The van der Waals surface area contributed by atoms with E-state index in [4.69, 9.17) is 0 Å². The second kappa shape index (κ2) is 4.26. The van der Waals surface area contributed by atoms with Crippen LogP contribution in [0, 0.1) is 12.3 Å². The second-order valence-corrected chi connectivity index (χ2v) is 5.85. The molecule has 1 nitrogen and oxygen atoms in total. The van der Waals surface area contributed by atoms with Gasteiger partial charge in [-0.15, -0.1) is 11.3 Å². The summed E-state index contributed by atoms with van der Waals surface area (Å²) in [5.41, 5.74) is 1.11. The van der Waals surface area contributed by atoms with Crippen LogP contribution in [0.5, 0.6) is 0 Å². The van der Waals surface area contributed by atoms with Crippen LogP contribution in [0.1, 0.15) is 37.6 Å². The maximum atomic E-state index is 11.6. The number of carbonyl (C=O) groups is 1. The van der Waals surface area contributed by atoms with Crippen LogP contribution >= 0.6 is 11.3 Å². The lowest BCUT2D eigenvalue weighted by Crippen LogP contribution is -2.20. The van der Waals surface area contributed by atoms with Crippen molar-refractivity contribution < 1.29 is 4.79 Å². The Labute approximate surface area is 90.2 Å². The van der Waals surface area contributed by atoms with Crippen molar-refractivity contribution in [3.05, 3.63) is 21.9 Å². The highest BCUT2D eigenvalue weighted by molar-refractivity contribution is 7.10. The van der Waals surface area contributed by atoms with E-state index in [0.717, 1.165) is 6.42 Å². The van der Waals surface area contributed by atoms with Gasteiger partial charge in [0.15, 0.2) is 0 Å². The molecule has 0 N–H and O–H groups in total. The zero-order valence-electron chi connectivity index (χ0n) is 9.39. The van der Waals surface area contributed by atoms with Gasteiger partial charge >= 0.3 is 0 Å². The van der Waals surface area contributed by atoms with Gasteiger partial charge < -0.3 is 0 Å². The number of thiophene rings is 1. The molecule has 0 atom stereocenters. The topological polar surface area (TPSA) is 17.1 Å². The summed E-state index contributed by atoms with van der Waals surface area (Å²) in [6.45, 7) is 8.04. The van der Waals surface area contributed by atoms with Crippen molar-refractivity contribution in [2.75, 3.05) is 0 Å². The Balaban J connectivity index is 2.46. The van der Waals surface area contributed by atoms with Crippen LogP contribution in [0.4, 0.5) is 0 Å². The van der Waals surface area contributed by atoms with Crippen molar-refractivity contribution in [1.29, 1.82) is 0 Å². The zero-order valence-corrected chi connectivity index (χ0v) is 10.2. The molecule has 0 unspecified atom stereocenters. The molecule has 0 spiro atoms. The third-order valence-corrected chi connectivity index (χ3v) is 3.17. The maximum Gasteiger partial charge on any atom is 0.138 e. The Morgan fingerprint density at radius 2 is 2.07 bits per heavy atom. The second-order valence-electron chi connectivity index (χ2n) is 4.74. The highest BCUT2D eigenvalue weighted by atomic mass is 32.1. The lowest BCUT2D eigenvalue weighted by molar-refractivity contribution is -0.126. The maximum absolute atomic E-state index is 11.6. The average Bonchev–Trinajstić information content (AvgIpc) is 2.45. The minimum absolute atomic E-state index is 0.189. The summed E-state index contributed by atoms with van der Waals surface area (Å²) in [5.74, 6) is 0.348. The number of Topliss-reactive ketones (excluding diaryl/α,β-unsaturated/α-hetero) is 1.